The van der Waals surface area contributed by atoms with Gasteiger partial charge in [0.2, 0.25) is 5.95 Å². The highest BCUT2D eigenvalue weighted by Crippen LogP contribution is 2.48. The predicted molar refractivity (Wildman–Crippen MR) is 113 cm³/mol. The lowest BCUT2D eigenvalue weighted by atomic mass is 9.87. The third-order valence-corrected chi connectivity index (χ3v) is 6.78. The van der Waals surface area contributed by atoms with E-state index in [1.54, 1.807) is 18.4 Å². The molecule has 0 radical (unpaired) electrons. The van der Waals surface area contributed by atoms with Crippen LogP contribution in [0.3, 0.4) is 0 Å². The van der Waals surface area contributed by atoms with Crippen molar-refractivity contribution in [2.24, 2.45) is 5.41 Å². The first-order valence-corrected chi connectivity index (χ1v) is 10.7. The fourth-order valence-corrected chi connectivity index (χ4v) is 5.48. The molecule has 0 aliphatic heterocycles. The van der Waals surface area contributed by atoms with Gasteiger partial charge < -0.3 is 14.5 Å². The Bertz CT molecular complexity index is 1010. The van der Waals surface area contributed by atoms with Crippen LogP contribution in [0.4, 0.5) is 9.18 Å². The zero-order chi connectivity index (χ0) is 21.2. The number of carbonyl (C=O) groups is 1. The van der Waals surface area contributed by atoms with Gasteiger partial charge in [-0.1, -0.05) is 32.5 Å². The summed E-state index contributed by atoms with van der Waals surface area (Å²) in [6, 6.07) is 7.17. The second-order valence-electron chi connectivity index (χ2n) is 7.54. The van der Waals surface area contributed by atoms with Gasteiger partial charge in [0, 0.05) is 34.7 Å². The van der Waals surface area contributed by atoms with E-state index in [0.717, 1.165) is 25.3 Å². The molecule has 1 N–H and O–H groups in total. The van der Waals surface area contributed by atoms with Gasteiger partial charge in [-0.3, -0.25) is 0 Å². The summed E-state index contributed by atoms with van der Waals surface area (Å²) < 4.78 is 26.4. The molecule has 3 aromatic rings. The van der Waals surface area contributed by atoms with Crippen LogP contribution in [-0.2, 0) is 4.74 Å². The number of pyridine rings is 1. The lowest BCUT2D eigenvalue weighted by molar-refractivity contribution is 0.0338. The topological polar surface area (TPSA) is 64.4 Å². The Labute approximate surface area is 177 Å². The third kappa shape index (κ3) is 4.82. The number of furan rings is 1. The number of thiophene rings is 1. The molecule has 3 heterocycles. The lowest BCUT2D eigenvalue weighted by Crippen LogP contribution is -2.28. The molecular formula is C21H23FN2O3S2. The van der Waals surface area contributed by atoms with E-state index in [-0.39, 0.29) is 5.41 Å². The minimum atomic E-state index is -0.540. The van der Waals surface area contributed by atoms with Crippen molar-refractivity contribution < 1.29 is 18.3 Å². The Morgan fingerprint density at radius 1 is 1.34 bits per heavy atom. The summed E-state index contributed by atoms with van der Waals surface area (Å²) in [6.07, 6.45) is 2.05. The maximum atomic E-state index is 14.5. The predicted octanol–water partition coefficient (Wildman–Crippen LogP) is 6.45. The zero-order valence-corrected chi connectivity index (χ0v) is 18.5. The first-order valence-electron chi connectivity index (χ1n) is 9.05. The summed E-state index contributed by atoms with van der Waals surface area (Å²) in [7, 11) is 1.52. The molecule has 1 atom stereocenters. The van der Waals surface area contributed by atoms with Crippen LogP contribution in [-0.4, -0.2) is 18.1 Å². The number of rotatable bonds is 5. The van der Waals surface area contributed by atoms with Crippen molar-refractivity contribution in [3.05, 3.63) is 53.3 Å². The van der Waals surface area contributed by atoms with Crippen molar-refractivity contribution in [3.8, 4) is 11.1 Å². The SMILES string of the molecule is CNC(=O)OC(c1cc(-c2cccnc2F)c(Sc2ccoc2C)s1)C(C)(C)C. The van der Waals surface area contributed by atoms with Crippen LogP contribution in [0.1, 0.15) is 37.5 Å². The highest BCUT2D eigenvalue weighted by atomic mass is 32.2. The maximum absolute atomic E-state index is 14.5. The van der Waals surface area contributed by atoms with E-state index in [2.05, 4.69) is 10.3 Å². The number of alkyl carbamates (subject to hydrolysis) is 1. The minimum Gasteiger partial charge on any atom is -0.468 e. The van der Waals surface area contributed by atoms with Crippen LogP contribution in [0.5, 0.6) is 0 Å². The smallest absolute Gasteiger partial charge is 0.407 e. The van der Waals surface area contributed by atoms with Gasteiger partial charge in [-0.15, -0.1) is 11.3 Å². The molecule has 0 fully saturated rings. The molecule has 8 heteroatoms. The quantitative estimate of drug-likeness (QED) is 0.468. The van der Waals surface area contributed by atoms with Crippen molar-refractivity contribution in [3.63, 3.8) is 0 Å². The zero-order valence-electron chi connectivity index (χ0n) is 16.9. The molecule has 3 aromatic heterocycles. The average Bonchev–Trinajstić information content (AvgIpc) is 3.25. The molecule has 0 aromatic carbocycles. The van der Waals surface area contributed by atoms with E-state index in [9.17, 15) is 9.18 Å². The van der Waals surface area contributed by atoms with Gasteiger partial charge in [0.25, 0.3) is 0 Å². The number of halogens is 1. The molecule has 0 aliphatic carbocycles. The van der Waals surface area contributed by atoms with Crippen molar-refractivity contribution in [2.75, 3.05) is 7.05 Å². The number of hydrogen-bond acceptors (Lipinski definition) is 6. The Kier molecular flexibility index (Phi) is 6.33. The number of aryl methyl sites for hydroxylation is 1. The van der Waals surface area contributed by atoms with E-state index in [1.807, 2.05) is 39.8 Å². The molecule has 3 rings (SSSR count). The Morgan fingerprint density at radius 3 is 2.69 bits per heavy atom. The molecule has 0 aliphatic rings. The van der Waals surface area contributed by atoms with Gasteiger partial charge >= 0.3 is 6.09 Å². The normalized spacial score (nSPS) is 12.6. The number of nitrogens with zero attached hydrogens (tertiary/aromatic N) is 1. The molecular weight excluding hydrogens is 411 g/mol. The van der Waals surface area contributed by atoms with Crippen LogP contribution >= 0.6 is 23.1 Å². The molecule has 1 unspecified atom stereocenters. The van der Waals surface area contributed by atoms with Crippen LogP contribution in [0, 0.1) is 18.3 Å². The van der Waals surface area contributed by atoms with Crippen molar-refractivity contribution in [1.82, 2.24) is 10.3 Å². The number of amides is 1. The van der Waals surface area contributed by atoms with E-state index in [1.165, 1.54) is 36.3 Å². The lowest BCUT2D eigenvalue weighted by Gasteiger charge is -2.29. The second-order valence-corrected chi connectivity index (χ2v) is 9.93. The number of aromatic nitrogens is 1. The van der Waals surface area contributed by atoms with Gasteiger partial charge in [0.15, 0.2) is 0 Å². The van der Waals surface area contributed by atoms with Crippen LogP contribution in [0.25, 0.3) is 11.1 Å². The monoisotopic (exact) mass is 434 g/mol. The molecule has 0 saturated heterocycles. The first kappa shape index (κ1) is 21.4. The number of ether oxygens (including phenoxy) is 1. The van der Waals surface area contributed by atoms with Gasteiger partial charge in [0.1, 0.15) is 11.9 Å². The summed E-state index contributed by atoms with van der Waals surface area (Å²) in [5.41, 5.74) is 0.775. The third-order valence-electron chi connectivity index (χ3n) is 4.25. The molecule has 0 spiro atoms. The van der Waals surface area contributed by atoms with Crippen LogP contribution < -0.4 is 5.32 Å². The summed E-state index contributed by atoms with van der Waals surface area (Å²) in [5, 5.41) is 2.50. The standard InChI is InChI=1S/C21H23FN2O3S2/c1-12-15(8-10-26-12)28-19-14(13-7-6-9-24-18(13)22)11-16(29-19)17(21(2,3)4)27-20(25)23-5/h6-11,17H,1-5H3,(H,23,25). The van der Waals surface area contributed by atoms with Crippen molar-refractivity contribution >= 4 is 29.2 Å². The van der Waals surface area contributed by atoms with Gasteiger partial charge in [0.05, 0.1) is 15.4 Å². The van der Waals surface area contributed by atoms with Crippen molar-refractivity contribution in [2.45, 2.75) is 42.9 Å². The van der Waals surface area contributed by atoms with E-state index >= 15 is 0 Å². The van der Waals surface area contributed by atoms with Gasteiger partial charge in [-0.25, -0.2) is 9.78 Å². The van der Waals surface area contributed by atoms with Crippen molar-refractivity contribution in [1.29, 1.82) is 0 Å². The molecule has 0 bridgehead atoms. The minimum absolute atomic E-state index is 0.352. The Balaban J connectivity index is 2.11. The molecule has 5 nitrogen and oxygen atoms in total. The summed E-state index contributed by atoms with van der Waals surface area (Å²) >= 11 is 2.98. The van der Waals surface area contributed by atoms with E-state index in [0.29, 0.717) is 5.56 Å². The highest BCUT2D eigenvalue weighted by Gasteiger charge is 2.33. The molecule has 29 heavy (non-hydrogen) atoms. The van der Waals surface area contributed by atoms with E-state index < -0.39 is 18.1 Å². The summed E-state index contributed by atoms with van der Waals surface area (Å²) in [4.78, 5) is 17.5. The fraction of sp³-hybridized carbons (Fsp3) is 0.333. The number of hydrogen-bond donors (Lipinski definition) is 1. The summed E-state index contributed by atoms with van der Waals surface area (Å²) in [5.74, 6) is 0.249. The van der Waals surface area contributed by atoms with Crippen LogP contribution in [0.2, 0.25) is 0 Å². The number of nitrogens with one attached hydrogen (secondary N) is 1. The second kappa shape index (κ2) is 8.59. The molecule has 154 valence electrons. The molecule has 0 saturated carbocycles. The largest absolute Gasteiger partial charge is 0.468 e. The van der Waals surface area contributed by atoms with Crippen LogP contribution in [0.15, 0.2) is 50.2 Å². The first-order chi connectivity index (χ1) is 13.7. The van der Waals surface area contributed by atoms with Gasteiger partial charge in [-0.05, 0) is 31.2 Å². The maximum Gasteiger partial charge on any atom is 0.407 e. The number of carbonyl (C=O) groups excluding carboxylic acids is 1. The summed E-state index contributed by atoms with van der Waals surface area (Å²) in [6.45, 7) is 7.88. The Morgan fingerprint density at radius 2 is 2.10 bits per heavy atom. The molecule has 1 amide bonds. The van der Waals surface area contributed by atoms with Gasteiger partial charge in [-0.2, -0.15) is 4.39 Å². The Hall–Kier alpha value is -2.32. The van der Waals surface area contributed by atoms with E-state index in [4.69, 9.17) is 9.15 Å². The highest BCUT2D eigenvalue weighted by molar-refractivity contribution is 8.01. The average molecular weight is 435 g/mol. The fourth-order valence-electron chi connectivity index (χ4n) is 2.78.